The van der Waals surface area contributed by atoms with Crippen molar-refractivity contribution in [3.8, 4) is 0 Å². The number of unbranched alkanes of at least 4 members (excludes halogenated alkanes) is 1. The Morgan fingerprint density at radius 2 is 1.85 bits per heavy atom. The van der Waals surface area contributed by atoms with Crippen molar-refractivity contribution >= 4 is 0 Å². The smallest absolute Gasteiger partial charge is 0.0470 e. The van der Waals surface area contributed by atoms with Crippen LogP contribution in [-0.2, 0) is 0 Å². The van der Waals surface area contributed by atoms with Gasteiger partial charge in [-0.25, -0.2) is 0 Å². The molecule has 0 aromatic heterocycles. The van der Waals surface area contributed by atoms with Gasteiger partial charge in [-0.15, -0.1) is 19.7 Å². The molecule has 72 valence electrons. The molecule has 0 aromatic carbocycles. The van der Waals surface area contributed by atoms with E-state index in [4.69, 9.17) is 0 Å². The van der Waals surface area contributed by atoms with Crippen LogP contribution in [0.4, 0.5) is 0 Å². The van der Waals surface area contributed by atoms with E-state index < -0.39 is 0 Å². The van der Waals surface area contributed by atoms with Gasteiger partial charge in [-0.2, -0.15) is 0 Å². The highest BCUT2D eigenvalue weighted by molar-refractivity contribution is 4.95. The Bertz CT molecular complexity index is 180. The average molecular weight is 177 g/mol. The number of rotatable bonds is 8. The van der Waals surface area contributed by atoms with Gasteiger partial charge in [0, 0.05) is 6.04 Å². The fourth-order valence-corrected chi connectivity index (χ4v) is 0.901. The van der Waals surface area contributed by atoms with Crippen molar-refractivity contribution in [3.63, 3.8) is 0 Å². The summed E-state index contributed by atoms with van der Waals surface area (Å²) >= 11 is 0. The van der Waals surface area contributed by atoms with E-state index in [9.17, 15) is 0 Å². The summed E-state index contributed by atoms with van der Waals surface area (Å²) in [7, 11) is 0. The predicted molar refractivity (Wildman–Crippen MR) is 60.5 cm³/mol. The molecule has 0 radical (unpaired) electrons. The number of hydrogen-bond donors (Lipinski definition) is 1. The van der Waals surface area contributed by atoms with E-state index >= 15 is 0 Å². The minimum atomic E-state index is 0.303. The van der Waals surface area contributed by atoms with Crippen molar-refractivity contribution in [2.24, 2.45) is 0 Å². The van der Waals surface area contributed by atoms with Gasteiger partial charge in [0.25, 0.3) is 0 Å². The molecule has 0 heterocycles. The summed E-state index contributed by atoms with van der Waals surface area (Å²) in [6, 6.07) is 0.303. The molecule has 0 saturated heterocycles. The third kappa shape index (κ3) is 7.13. The van der Waals surface area contributed by atoms with Crippen molar-refractivity contribution < 1.29 is 0 Å². The highest BCUT2D eigenvalue weighted by Gasteiger charge is 1.94. The predicted octanol–water partition coefficient (Wildman–Crippen LogP) is 3.19. The molecule has 0 rings (SSSR count). The molecule has 0 aliphatic carbocycles. The summed E-state index contributed by atoms with van der Waals surface area (Å²) < 4.78 is 0. The van der Waals surface area contributed by atoms with Crippen molar-refractivity contribution in [1.82, 2.24) is 5.32 Å². The maximum atomic E-state index is 3.73. The van der Waals surface area contributed by atoms with E-state index in [0.29, 0.717) is 6.04 Å². The third-order valence-corrected chi connectivity index (χ3v) is 1.67. The zero-order chi connectivity index (χ0) is 9.94. The number of allylic oxidation sites excluding steroid dienone is 2. The van der Waals surface area contributed by atoms with E-state index in [1.807, 2.05) is 24.4 Å². The van der Waals surface area contributed by atoms with Crippen LogP contribution in [0.3, 0.4) is 0 Å². The van der Waals surface area contributed by atoms with E-state index in [1.54, 1.807) is 0 Å². The largest absolute Gasteiger partial charge is 0.385 e. The molecule has 0 fully saturated rings. The monoisotopic (exact) mass is 177 g/mol. The normalized spacial score (nSPS) is 12.3. The summed E-state index contributed by atoms with van der Waals surface area (Å²) in [6.45, 7) is 11.1. The molecule has 0 spiro atoms. The maximum Gasteiger partial charge on any atom is 0.0470 e. The van der Waals surface area contributed by atoms with Gasteiger partial charge in [-0.3, -0.25) is 0 Å². The van der Waals surface area contributed by atoms with Crippen LogP contribution in [0.25, 0.3) is 0 Å². The molecule has 0 bridgehead atoms. The van der Waals surface area contributed by atoms with Crippen molar-refractivity contribution in [2.75, 3.05) is 0 Å². The lowest BCUT2D eigenvalue weighted by Gasteiger charge is -2.09. The van der Waals surface area contributed by atoms with Crippen LogP contribution in [0.2, 0.25) is 0 Å². The van der Waals surface area contributed by atoms with Gasteiger partial charge >= 0.3 is 0 Å². The van der Waals surface area contributed by atoms with Gasteiger partial charge in [-0.1, -0.05) is 24.3 Å². The van der Waals surface area contributed by atoms with Crippen LogP contribution in [0.15, 0.2) is 50.2 Å². The Morgan fingerprint density at radius 1 is 1.08 bits per heavy atom. The zero-order valence-corrected chi connectivity index (χ0v) is 8.21. The highest BCUT2D eigenvalue weighted by atomic mass is 14.9. The van der Waals surface area contributed by atoms with Gasteiger partial charge in [0.2, 0.25) is 0 Å². The molecular weight excluding hydrogens is 158 g/mol. The first kappa shape index (κ1) is 11.8. The molecule has 1 nitrogen and oxygen atoms in total. The number of nitrogens with one attached hydrogen (secondary N) is 1. The van der Waals surface area contributed by atoms with Crippen molar-refractivity contribution in [1.29, 1.82) is 0 Å². The van der Waals surface area contributed by atoms with Crippen LogP contribution >= 0.6 is 0 Å². The van der Waals surface area contributed by atoms with Crippen LogP contribution in [-0.4, -0.2) is 6.04 Å². The molecule has 0 saturated carbocycles. The second-order valence-electron chi connectivity index (χ2n) is 2.80. The minimum absolute atomic E-state index is 0.303. The average Bonchev–Trinajstić information content (AvgIpc) is 2.16. The standard InChI is InChI=1S/C12H19N/c1-4-7-8-9-11-13-12(6-3)10-5-2/h4-6,9,11-13H,1-3,7-8,10H2/b11-9+. The maximum absolute atomic E-state index is 3.73. The van der Waals surface area contributed by atoms with Crippen molar-refractivity contribution in [3.05, 3.63) is 50.2 Å². The summed E-state index contributed by atoms with van der Waals surface area (Å²) in [5.74, 6) is 0. The molecule has 1 heteroatoms. The second-order valence-corrected chi connectivity index (χ2v) is 2.80. The first-order valence-corrected chi connectivity index (χ1v) is 4.60. The Morgan fingerprint density at radius 3 is 2.38 bits per heavy atom. The van der Waals surface area contributed by atoms with Gasteiger partial charge in [0.05, 0.1) is 0 Å². The summed E-state index contributed by atoms with van der Waals surface area (Å²) in [6.07, 6.45) is 12.7. The quantitative estimate of drug-likeness (QED) is 0.443. The second kappa shape index (κ2) is 8.85. The molecule has 0 amide bonds. The number of hydrogen-bond acceptors (Lipinski definition) is 1. The lowest BCUT2D eigenvalue weighted by molar-refractivity contribution is 0.710. The van der Waals surface area contributed by atoms with E-state index in [1.165, 1.54) is 0 Å². The minimum Gasteiger partial charge on any atom is -0.385 e. The molecule has 1 N–H and O–H groups in total. The first-order chi connectivity index (χ1) is 6.35. The van der Waals surface area contributed by atoms with Crippen LogP contribution in [0.5, 0.6) is 0 Å². The molecule has 0 aliphatic heterocycles. The lowest BCUT2D eigenvalue weighted by atomic mass is 10.2. The van der Waals surface area contributed by atoms with E-state index in [2.05, 4.69) is 31.1 Å². The van der Waals surface area contributed by atoms with Crippen LogP contribution < -0.4 is 5.32 Å². The Hall–Kier alpha value is -1.24. The molecule has 1 atom stereocenters. The molecular formula is C12H19N. The van der Waals surface area contributed by atoms with Gasteiger partial charge in [-0.05, 0) is 25.5 Å². The molecule has 0 aromatic rings. The lowest BCUT2D eigenvalue weighted by Crippen LogP contribution is -2.20. The summed E-state index contributed by atoms with van der Waals surface area (Å²) in [5.41, 5.74) is 0. The fraction of sp³-hybridized carbons (Fsp3) is 0.333. The third-order valence-electron chi connectivity index (χ3n) is 1.67. The van der Waals surface area contributed by atoms with Crippen molar-refractivity contribution in [2.45, 2.75) is 25.3 Å². The van der Waals surface area contributed by atoms with Gasteiger partial charge < -0.3 is 5.32 Å². The Kier molecular flexibility index (Phi) is 8.01. The van der Waals surface area contributed by atoms with Gasteiger partial charge in [0.15, 0.2) is 0 Å². The molecule has 13 heavy (non-hydrogen) atoms. The SMILES string of the molecule is C=CCC/C=C/NC(C=C)CC=C. The highest BCUT2D eigenvalue weighted by Crippen LogP contribution is 1.95. The fourth-order valence-electron chi connectivity index (χ4n) is 0.901. The van der Waals surface area contributed by atoms with Crippen LogP contribution in [0.1, 0.15) is 19.3 Å². The Balaban J connectivity index is 3.57. The van der Waals surface area contributed by atoms with E-state index in [-0.39, 0.29) is 0 Å². The topological polar surface area (TPSA) is 12.0 Å². The summed E-state index contributed by atoms with van der Waals surface area (Å²) in [5, 5.41) is 3.23. The summed E-state index contributed by atoms with van der Waals surface area (Å²) in [4.78, 5) is 0. The molecule has 0 aliphatic rings. The van der Waals surface area contributed by atoms with Crippen LogP contribution in [0, 0.1) is 0 Å². The first-order valence-electron chi connectivity index (χ1n) is 4.60. The zero-order valence-electron chi connectivity index (χ0n) is 8.21. The molecule has 1 unspecified atom stereocenters. The van der Waals surface area contributed by atoms with E-state index in [0.717, 1.165) is 19.3 Å². The Labute approximate surface area is 81.5 Å². The van der Waals surface area contributed by atoms with Gasteiger partial charge in [0.1, 0.15) is 0 Å².